The number of thioether (sulfide) groups is 1. The van der Waals surface area contributed by atoms with E-state index >= 15 is 0 Å². The molecule has 0 spiro atoms. The van der Waals surface area contributed by atoms with Crippen LogP contribution in [0.5, 0.6) is 0 Å². The fraction of sp³-hybridized carbons (Fsp3) is 0.381. The molecule has 0 aliphatic carbocycles. The summed E-state index contributed by atoms with van der Waals surface area (Å²) in [5.74, 6) is 0.947. The highest BCUT2D eigenvalue weighted by molar-refractivity contribution is 7.98. The van der Waals surface area contributed by atoms with E-state index in [4.69, 9.17) is 4.98 Å². The normalized spacial score (nSPS) is 14.4. The van der Waals surface area contributed by atoms with Gasteiger partial charge in [-0.25, -0.2) is 9.97 Å². The van der Waals surface area contributed by atoms with Crippen LogP contribution in [0.15, 0.2) is 41.6 Å². The zero-order chi connectivity index (χ0) is 19.3. The van der Waals surface area contributed by atoms with Gasteiger partial charge >= 0.3 is 0 Å². The molecular formula is C21H24N4OS2. The van der Waals surface area contributed by atoms with E-state index < -0.39 is 0 Å². The van der Waals surface area contributed by atoms with E-state index in [-0.39, 0.29) is 5.91 Å². The van der Waals surface area contributed by atoms with Crippen molar-refractivity contribution in [2.24, 2.45) is 0 Å². The predicted molar refractivity (Wildman–Crippen MR) is 118 cm³/mol. The smallest absolute Gasteiger partial charge is 0.261 e. The van der Waals surface area contributed by atoms with Gasteiger partial charge in [0.05, 0.1) is 10.3 Å². The first-order valence-electron chi connectivity index (χ1n) is 9.67. The number of thiophene rings is 1. The molecule has 146 valence electrons. The van der Waals surface area contributed by atoms with E-state index in [1.165, 1.54) is 36.2 Å². The minimum Gasteiger partial charge on any atom is -0.356 e. The summed E-state index contributed by atoms with van der Waals surface area (Å²) < 4.78 is 0. The Morgan fingerprint density at radius 3 is 2.71 bits per heavy atom. The zero-order valence-corrected chi connectivity index (χ0v) is 17.6. The molecule has 1 fully saturated rings. The summed E-state index contributed by atoms with van der Waals surface area (Å²) in [6.07, 6.45) is 6.48. The number of carbonyl (C=O) groups is 1. The number of amides is 1. The van der Waals surface area contributed by atoms with Crippen LogP contribution in [0.4, 0.5) is 5.82 Å². The molecule has 0 bridgehead atoms. The van der Waals surface area contributed by atoms with Crippen molar-refractivity contribution in [2.75, 3.05) is 30.8 Å². The molecule has 4 rings (SSSR count). The minimum atomic E-state index is -0.0331. The number of fused-ring (bicyclic) bond motifs is 1. The summed E-state index contributed by atoms with van der Waals surface area (Å²) >= 11 is 3.00. The monoisotopic (exact) mass is 412 g/mol. The van der Waals surface area contributed by atoms with Crippen molar-refractivity contribution < 1.29 is 4.79 Å². The molecule has 1 aromatic carbocycles. The Kier molecular flexibility index (Phi) is 6.12. The number of rotatable bonds is 6. The van der Waals surface area contributed by atoms with Gasteiger partial charge in [-0.2, -0.15) is 0 Å². The van der Waals surface area contributed by atoms with Crippen LogP contribution in [0.1, 0.15) is 34.5 Å². The molecule has 28 heavy (non-hydrogen) atoms. The number of nitrogens with one attached hydrogen (secondary N) is 1. The fourth-order valence-corrected chi connectivity index (χ4v) is 4.85. The van der Waals surface area contributed by atoms with Gasteiger partial charge in [-0.05, 0) is 43.6 Å². The maximum atomic E-state index is 12.7. The average Bonchev–Trinajstić information content (AvgIpc) is 3.18. The van der Waals surface area contributed by atoms with E-state index in [1.54, 1.807) is 11.8 Å². The van der Waals surface area contributed by atoms with Gasteiger partial charge in [0.2, 0.25) is 0 Å². The molecule has 2 aromatic heterocycles. The molecular weight excluding hydrogens is 388 g/mol. The zero-order valence-electron chi connectivity index (χ0n) is 16.0. The van der Waals surface area contributed by atoms with Crippen molar-refractivity contribution in [1.29, 1.82) is 0 Å². The molecule has 0 saturated carbocycles. The first kappa shape index (κ1) is 19.2. The van der Waals surface area contributed by atoms with E-state index in [9.17, 15) is 4.79 Å². The van der Waals surface area contributed by atoms with Gasteiger partial charge in [0, 0.05) is 19.6 Å². The van der Waals surface area contributed by atoms with Gasteiger partial charge in [0.1, 0.15) is 10.6 Å². The molecule has 3 aromatic rings. The lowest BCUT2D eigenvalue weighted by atomic mass is 10.1. The molecule has 1 aliphatic rings. The van der Waals surface area contributed by atoms with Crippen LogP contribution in [0.25, 0.3) is 10.2 Å². The summed E-state index contributed by atoms with van der Waals surface area (Å²) in [5, 5.41) is 4.81. The fourth-order valence-electron chi connectivity index (χ4n) is 3.49. The molecule has 5 nitrogen and oxygen atoms in total. The van der Waals surface area contributed by atoms with Gasteiger partial charge in [-0.3, -0.25) is 4.79 Å². The Morgan fingerprint density at radius 2 is 1.96 bits per heavy atom. The van der Waals surface area contributed by atoms with E-state index in [0.717, 1.165) is 40.7 Å². The first-order valence-corrected chi connectivity index (χ1v) is 11.7. The Balaban J connectivity index is 1.53. The highest BCUT2D eigenvalue weighted by atomic mass is 32.2. The van der Waals surface area contributed by atoms with E-state index in [0.29, 0.717) is 11.4 Å². The maximum absolute atomic E-state index is 12.7. The summed E-state index contributed by atoms with van der Waals surface area (Å²) in [4.78, 5) is 26.0. The highest BCUT2D eigenvalue weighted by Gasteiger charge is 2.20. The molecule has 7 heteroatoms. The van der Waals surface area contributed by atoms with Crippen LogP contribution in [-0.2, 0) is 6.42 Å². The second-order valence-electron chi connectivity index (χ2n) is 6.90. The Bertz CT molecular complexity index is 952. The van der Waals surface area contributed by atoms with Gasteiger partial charge < -0.3 is 10.2 Å². The quantitative estimate of drug-likeness (QED) is 0.481. The van der Waals surface area contributed by atoms with Crippen LogP contribution in [0, 0.1) is 0 Å². The van der Waals surface area contributed by atoms with Crippen molar-refractivity contribution in [2.45, 2.75) is 30.8 Å². The SMILES string of the molecule is CSc1nc(N2CCCCC2)c2cc(C(=O)NCCc3ccccc3)sc2n1. The first-order chi connectivity index (χ1) is 13.7. The molecule has 0 atom stereocenters. The Hall–Kier alpha value is -2.12. The van der Waals surface area contributed by atoms with E-state index in [2.05, 4.69) is 27.3 Å². The van der Waals surface area contributed by atoms with Crippen molar-refractivity contribution in [3.05, 3.63) is 46.8 Å². The number of anilines is 1. The summed E-state index contributed by atoms with van der Waals surface area (Å²) in [6, 6.07) is 12.2. The van der Waals surface area contributed by atoms with Gasteiger partial charge in [-0.1, -0.05) is 42.1 Å². The lowest BCUT2D eigenvalue weighted by Gasteiger charge is -2.28. The Labute approximate surface area is 173 Å². The second-order valence-corrected chi connectivity index (χ2v) is 8.71. The van der Waals surface area contributed by atoms with Crippen LogP contribution < -0.4 is 10.2 Å². The second kappa shape index (κ2) is 8.92. The molecule has 0 unspecified atom stereocenters. The molecule has 3 heterocycles. The van der Waals surface area contributed by atoms with Crippen LogP contribution in [0.3, 0.4) is 0 Å². The van der Waals surface area contributed by atoms with Gasteiger partial charge in [0.15, 0.2) is 5.16 Å². The third-order valence-electron chi connectivity index (χ3n) is 4.96. The molecule has 1 aliphatic heterocycles. The van der Waals surface area contributed by atoms with E-state index in [1.807, 2.05) is 30.5 Å². The summed E-state index contributed by atoms with van der Waals surface area (Å²) in [6.45, 7) is 2.67. The average molecular weight is 413 g/mol. The lowest BCUT2D eigenvalue weighted by Crippen LogP contribution is -2.30. The van der Waals surface area contributed by atoms with Crippen LogP contribution in [0.2, 0.25) is 0 Å². The predicted octanol–water partition coefficient (Wildman–Crippen LogP) is 4.38. The standard InChI is InChI=1S/C21H24N4OS2/c1-27-21-23-18(25-12-6-3-7-13-25)16-14-17(28-20(16)24-21)19(26)22-11-10-15-8-4-2-5-9-15/h2,4-5,8-9,14H,3,6-7,10-13H2,1H3,(H,22,26). The Morgan fingerprint density at radius 1 is 1.18 bits per heavy atom. The highest BCUT2D eigenvalue weighted by Crippen LogP contribution is 2.33. The van der Waals surface area contributed by atoms with Crippen LogP contribution in [-0.4, -0.2) is 41.8 Å². The minimum absolute atomic E-state index is 0.0331. The molecule has 0 radical (unpaired) electrons. The van der Waals surface area contributed by atoms with Gasteiger partial charge in [-0.15, -0.1) is 11.3 Å². The number of nitrogens with zero attached hydrogens (tertiary/aromatic N) is 3. The number of hydrogen-bond donors (Lipinski definition) is 1. The number of carbonyl (C=O) groups excluding carboxylic acids is 1. The molecule has 1 saturated heterocycles. The number of piperidine rings is 1. The summed E-state index contributed by atoms with van der Waals surface area (Å²) in [5.41, 5.74) is 1.22. The third kappa shape index (κ3) is 4.31. The number of benzene rings is 1. The van der Waals surface area contributed by atoms with Gasteiger partial charge in [0.25, 0.3) is 5.91 Å². The molecule has 1 N–H and O–H groups in total. The maximum Gasteiger partial charge on any atom is 0.261 e. The topological polar surface area (TPSA) is 58.1 Å². The van der Waals surface area contributed by atoms with Crippen molar-refractivity contribution in [3.63, 3.8) is 0 Å². The molecule has 1 amide bonds. The number of aromatic nitrogens is 2. The third-order valence-corrected chi connectivity index (χ3v) is 6.53. The van der Waals surface area contributed by atoms with Crippen LogP contribution >= 0.6 is 23.1 Å². The number of hydrogen-bond acceptors (Lipinski definition) is 6. The summed E-state index contributed by atoms with van der Waals surface area (Å²) in [7, 11) is 0. The van der Waals surface area contributed by atoms with Crippen molar-refractivity contribution >= 4 is 45.0 Å². The van der Waals surface area contributed by atoms with Crippen molar-refractivity contribution in [3.8, 4) is 0 Å². The lowest BCUT2D eigenvalue weighted by molar-refractivity contribution is 0.0958. The largest absolute Gasteiger partial charge is 0.356 e. The van der Waals surface area contributed by atoms with Crippen molar-refractivity contribution in [1.82, 2.24) is 15.3 Å².